The molecule has 0 saturated carbocycles. The Morgan fingerprint density at radius 2 is 2.25 bits per heavy atom. The number of hydrogen-bond donors (Lipinski definition) is 0. The molecule has 0 heterocycles. The van der Waals surface area contributed by atoms with Crippen molar-refractivity contribution in [3.63, 3.8) is 0 Å². The first-order valence-electron chi connectivity index (χ1n) is 5.11. The van der Waals surface area contributed by atoms with E-state index in [-0.39, 0.29) is 5.69 Å². The minimum absolute atomic E-state index is 0.00215. The third-order valence-corrected chi connectivity index (χ3v) is 2.83. The summed E-state index contributed by atoms with van der Waals surface area (Å²) in [5.74, 6) is 0.719. The minimum atomic E-state index is -0.434. The maximum atomic E-state index is 10.8. The zero-order chi connectivity index (χ0) is 12.1. The number of halogens is 1. The molecule has 88 valence electrons. The van der Waals surface area contributed by atoms with E-state index in [4.69, 9.17) is 4.74 Å². The second kappa shape index (κ2) is 5.84. The van der Waals surface area contributed by atoms with E-state index in [1.54, 1.807) is 12.1 Å². The van der Waals surface area contributed by atoms with Crippen LogP contribution < -0.4 is 4.74 Å². The molecular weight excluding hydrogens is 274 g/mol. The Morgan fingerprint density at radius 1 is 1.56 bits per heavy atom. The molecule has 0 aliphatic rings. The lowest BCUT2D eigenvalue weighted by atomic mass is 10.1. The van der Waals surface area contributed by atoms with Crippen molar-refractivity contribution >= 4 is 21.6 Å². The van der Waals surface area contributed by atoms with E-state index in [9.17, 15) is 10.1 Å². The maximum Gasteiger partial charge on any atom is 0.312 e. The molecule has 1 unspecified atom stereocenters. The molecule has 1 atom stereocenters. The van der Waals surface area contributed by atoms with Crippen molar-refractivity contribution in [2.45, 2.75) is 20.3 Å². The largest absolute Gasteiger partial charge is 0.487 e. The summed E-state index contributed by atoms with van der Waals surface area (Å²) in [6.07, 6.45) is 0.990. The number of ether oxygens (including phenoxy) is 1. The normalized spacial score (nSPS) is 12.2. The van der Waals surface area contributed by atoms with E-state index in [1.807, 2.05) is 6.92 Å². The molecule has 0 spiro atoms. The van der Waals surface area contributed by atoms with Crippen molar-refractivity contribution in [1.82, 2.24) is 0 Å². The molecule has 0 aliphatic heterocycles. The van der Waals surface area contributed by atoms with Crippen molar-refractivity contribution in [3.8, 4) is 5.75 Å². The lowest BCUT2D eigenvalue weighted by Gasteiger charge is -2.11. The zero-order valence-corrected chi connectivity index (χ0v) is 10.9. The smallest absolute Gasteiger partial charge is 0.312 e. The van der Waals surface area contributed by atoms with E-state index in [2.05, 4.69) is 22.9 Å². The zero-order valence-electron chi connectivity index (χ0n) is 9.27. The fraction of sp³-hybridized carbons (Fsp3) is 0.455. The van der Waals surface area contributed by atoms with Gasteiger partial charge in [0.2, 0.25) is 0 Å². The summed E-state index contributed by atoms with van der Waals surface area (Å²) in [6, 6.07) is 4.80. The number of nitro groups is 1. The van der Waals surface area contributed by atoms with Crippen molar-refractivity contribution in [2.24, 2.45) is 5.92 Å². The fourth-order valence-electron chi connectivity index (χ4n) is 1.11. The van der Waals surface area contributed by atoms with Gasteiger partial charge in [0.25, 0.3) is 0 Å². The molecule has 0 amide bonds. The predicted octanol–water partition coefficient (Wildman–Crippen LogP) is 3.78. The number of benzene rings is 1. The number of nitrogens with zero attached hydrogens (tertiary/aromatic N) is 1. The molecule has 0 saturated heterocycles. The lowest BCUT2D eigenvalue weighted by Crippen LogP contribution is -2.08. The molecule has 5 heteroatoms. The van der Waals surface area contributed by atoms with Gasteiger partial charge in [0.15, 0.2) is 5.75 Å². The van der Waals surface area contributed by atoms with Gasteiger partial charge >= 0.3 is 5.69 Å². The molecule has 0 aromatic heterocycles. The molecule has 0 radical (unpaired) electrons. The van der Waals surface area contributed by atoms with Gasteiger partial charge in [0.1, 0.15) is 0 Å². The van der Waals surface area contributed by atoms with Crippen LogP contribution in [-0.4, -0.2) is 11.5 Å². The Labute approximate surface area is 103 Å². The third-order valence-electron chi connectivity index (χ3n) is 2.34. The van der Waals surface area contributed by atoms with Crippen molar-refractivity contribution in [3.05, 3.63) is 32.8 Å². The van der Waals surface area contributed by atoms with Crippen molar-refractivity contribution in [1.29, 1.82) is 0 Å². The van der Waals surface area contributed by atoms with Crippen LogP contribution >= 0.6 is 15.9 Å². The molecule has 0 N–H and O–H groups in total. The van der Waals surface area contributed by atoms with Gasteiger partial charge in [-0.15, -0.1) is 0 Å². The van der Waals surface area contributed by atoms with E-state index < -0.39 is 4.92 Å². The summed E-state index contributed by atoms with van der Waals surface area (Å²) >= 11 is 3.20. The highest BCUT2D eigenvalue weighted by molar-refractivity contribution is 9.10. The average Bonchev–Trinajstić information content (AvgIpc) is 2.26. The van der Waals surface area contributed by atoms with Gasteiger partial charge in [0, 0.05) is 10.5 Å². The quantitative estimate of drug-likeness (QED) is 0.612. The fourth-order valence-corrected chi connectivity index (χ4v) is 1.45. The lowest BCUT2D eigenvalue weighted by molar-refractivity contribution is -0.386. The van der Waals surface area contributed by atoms with Crippen LogP contribution in [0.1, 0.15) is 20.3 Å². The van der Waals surface area contributed by atoms with E-state index >= 15 is 0 Å². The van der Waals surface area contributed by atoms with Crippen LogP contribution in [0.25, 0.3) is 0 Å². The minimum Gasteiger partial charge on any atom is -0.487 e. The van der Waals surface area contributed by atoms with E-state index in [1.165, 1.54) is 6.07 Å². The highest BCUT2D eigenvalue weighted by Gasteiger charge is 2.15. The van der Waals surface area contributed by atoms with Gasteiger partial charge in [-0.2, -0.15) is 0 Å². The molecule has 1 rings (SSSR count). The molecule has 4 nitrogen and oxygen atoms in total. The molecule has 1 aromatic rings. The van der Waals surface area contributed by atoms with Crippen LogP contribution in [0.2, 0.25) is 0 Å². The summed E-state index contributed by atoms with van der Waals surface area (Å²) in [7, 11) is 0. The van der Waals surface area contributed by atoms with Crippen LogP contribution in [0, 0.1) is 16.0 Å². The van der Waals surface area contributed by atoms with E-state index in [0.29, 0.717) is 22.7 Å². The molecule has 0 aliphatic carbocycles. The third kappa shape index (κ3) is 3.48. The molecule has 1 aromatic carbocycles. The Hall–Kier alpha value is -1.10. The molecule has 16 heavy (non-hydrogen) atoms. The average molecular weight is 288 g/mol. The van der Waals surface area contributed by atoms with Gasteiger partial charge < -0.3 is 4.74 Å². The first-order valence-corrected chi connectivity index (χ1v) is 5.90. The van der Waals surface area contributed by atoms with Crippen LogP contribution in [-0.2, 0) is 0 Å². The molecule has 0 bridgehead atoms. The topological polar surface area (TPSA) is 52.4 Å². The summed E-state index contributed by atoms with van der Waals surface area (Å²) in [6.45, 7) is 4.60. The van der Waals surface area contributed by atoms with Gasteiger partial charge in [-0.25, -0.2) is 0 Å². The highest BCUT2D eigenvalue weighted by atomic mass is 79.9. The predicted molar refractivity (Wildman–Crippen MR) is 65.7 cm³/mol. The monoisotopic (exact) mass is 287 g/mol. The summed E-state index contributed by atoms with van der Waals surface area (Å²) < 4.78 is 6.12. The first-order chi connectivity index (χ1) is 7.54. The van der Waals surface area contributed by atoms with Gasteiger partial charge in [-0.05, 0) is 18.1 Å². The van der Waals surface area contributed by atoms with Gasteiger partial charge in [0.05, 0.1) is 11.5 Å². The number of rotatable bonds is 5. The van der Waals surface area contributed by atoms with Crippen molar-refractivity contribution < 1.29 is 9.66 Å². The van der Waals surface area contributed by atoms with E-state index in [0.717, 1.165) is 6.42 Å². The number of hydrogen-bond acceptors (Lipinski definition) is 3. The maximum absolute atomic E-state index is 10.8. The van der Waals surface area contributed by atoms with Crippen LogP contribution in [0.3, 0.4) is 0 Å². The number of nitro benzene ring substituents is 1. The first kappa shape index (κ1) is 13.0. The summed E-state index contributed by atoms with van der Waals surface area (Å²) in [5.41, 5.74) is -0.00215. The molecular formula is C11H14BrNO3. The second-order valence-corrected chi connectivity index (χ2v) is 4.61. The standard InChI is InChI=1S/C11H14BrNO3/c1-3-8(2)7-16-11-5-4-9(12)6-10(11)13(14)15/h4-6,8H,3,7H2,1-2H3. The van der Waals surface area contributed by atoms with Crippen LogP contribution in [0.15, 0.2) is 22.7 Å². The van der Waals surface area contributed by atoms with Crippen molar-refractivity contribution in [2.75, 3.05) is 6.61 Å². The van der Waals surface area contributed by atoms with Gasteiger partial charge in [-0.3, -0.25) is 10.1 Å². The summed E-state index contributed by atoms with van der Waals surface area (Å²) in [5, 5.41) is 10.8. The Balaban J connectivity index is 2.82. The second-order valence-electron chi connectivity index (χ2n) is 3.69. The van der Waals surface area contributed by atoms with Gasteiger partial charge in [-0.1, -0.05) is 36.2 Å². The Bertz CT molecular complexity index is 381. The Kier molecular flexibility index (Phi) is 4.73. The van der Waals surface area contributed by atoms with Crippen LogP contribution in [0.5, 0.6) is 5.75 Å². The summed E-state index contributed by atoms with van der Waals surface area (Å²) in [4.78, 5) is 10.4. The Morgan fingerprint density at radius 3 is 2.81 bits per heavy atom. The highest BCUT2D eigenvalue weighted by Crippen LogP contribution is 2.30. The SMILES string of the molecule is CCC(C)COc1ccc(Br)cc1[N+](=O)[O-]. The van der Waals surface area contributed by atoms with Crippen LogP contribution in [0.4, 0.5) is 5.69 Å². The molecule has 0 fully saturated rings.